The van der Waals surface area contributed by atoms with Crippen LogP contribution in [0, 0.1) is 0 Å². The maximum Gasteiger partial charge on any atom is 0.236 e. The smallest absolute Gasteiger partial charge is 0.236 e. The highest BCUT2D eigenvalue weighted by molar-refractivity contribution is 5.78. The Bertz CT molecular complexity index is 465. The number of phenolic OH excluding ortho intramolecular Hbond substituents is 1. The fourth-order valence-electron chi connectivity index (χ4n) is 2.42. The van der Waals surface area contributed by atoms with Gasteiger partial charge < -0.3 is 14.9 Å². The zero-order chi connectivity index (χ0) is 15.4. The van der Waals surface area contributed by atoms with Crippen LogP contribution in [0.25, 0.3) is 0 Å². The van der Waals surface area contributed by atoms with Gasteiger partial charge in [-0.15, -0.1) is 0 Å². The van der Waals surface area contributed by atoms with Crippen molar-refractivity contribution in [3.05, 3.63) is 24.3 Å². The molecule has 1 aromatic carbocycles. The van der Waals surface area contributed by atoms with Crippen LogP contribution in [0.4, 0.5) is 5.69 Å². The van der Waals surface area contributed by atoms with Crippen LogP contribution in [-0.4, -0.2) is 66.6 Å². The fraction of sp³-hybridized carbons (Fsp3) is 0.562. The van der Waals surface area contributed by atoms with Gasteiger partial charge in [-0.1, -0.05) is 0 Å². The largest absolute Gasteiger partial charge is 0.508 e. The molecule has 0 saturated carbocycles. The molecule has 1 amide bonds. The van der Waals surface area contributed by atoms with Gasteiger partial charge >= 0.3 is 0 Å². The summed E-state index contributed by atoms with van der Waals surface area (Å²) in [5.41, 5.74) is 1.12. The van der Waals surface area contributed by atoms with Gasteiger partial charge in [0.25, 0.3) is 0 Å². The third-order valence-electron chi connectivity index (χ3n) is 4.11. The number of hydrogen-bond donors (Lipinski definition) is 1. The molecule has 1 heterocycles. The van der Waals surface area contributed by atoms with Crippen LogP contribution in [0.1, 0.15) is 13.8 Å². The van der Waals surface area contributed by atoms with E-state index >= 15 is 0 Å². The van der Waals surface area contributed by atoms with Gasteiger partial charge in [0, 0.05) is 45.0 Å². The molecular formula is C16H25N3O2. The van der Waals surface area contributed by atoms with Crippen molar-refractivity contribution in [2.24, 2.45) is 0 Å². The third-order valence-corrected chi connectivity index (χ3v) is 4.11. The molecule has 0 bridgehead atoms. The second-order valence-electron chi connectivity index (χ2n) is 5.88. The average molecular weight is 291 g/mol. The Morgan fingerprint density at radius 1 is 1.19 bits per heavy atom. The first-order valence-electron chi connectivity index (χ1n) is 7.49. The molecule has 0 aliphatic carbocycles. The van der Waals surface area contributed by atoms with Crippen molar-refractivity contribution in [1.82, 2.24) is 9.80 Å². The number of rotatable bonds is 4. The van der Waals surface area contributed by atoms with Crippen LogP contribution in [0.3, 0.4) is 0 Å². The summed E-state index contributed by atoms with van der Waals surface area (Å²) in [6.45, 7) is 8.14. The topological polar surface area (TPSA) is 47.0 Å². The van der Waals surface area contributed by atoms with Crippen molar-refractivity contribution < 1.29 is 9.90 Å². The highest BCUT2D eigenvalue weighted by atomic mass is 16.3. The van der Waals surface area contributed by atoms with Gasteiger partial charge in [-0.05, 0) is 38.1 Å². The molecule has 2 rings (SSSR count). The van der Waals surface area contributed by atoms with Crippen molar-refractivity contribution in [1.29, 1.82) is 0 Å². The maximum atomic E-state index is 12.1. The minimum atomic E-state index is 0.183. The molecule has 0 unspecified atom stereocenters. The van der Waals surface area contributed by atoms with Crippen LogP contribution in [0.5, 0.6) is 5.75 Å². The molecule has 1 aliphatic heterocycles. The summed E-state index contributed by atoms with van der Waals surface area (Å²) in [7, 11) is 1.86. The minimum absolute atomic E-state index is 0.183. The summed E-state index contributed by atoms with van der Waals surface area (Å²) in [4.78, 5) is 18.4. The molecule has 0 atom stereocenters. The number of phenols is 1. The number of piperazine rings is 1. The van der Waals surface area contributed by atoms with E-state index in [1.165, 1.54) is 0 Å². The zero-order valence-corrected chi connectivity index (χ0v) is 13.1. The quantitative estimate of drug-likeness (QED) is 0.910. The van der Waals surface area contributed by atoms with Gasteiger partial charge in [0.2, 0.25) is 5.91 Å². The number of amides is 1. The van der Waals surface area contributed by atoms with Gasteiger partial charge in [0.15, 0.2) is 0 Å². The molecule has 1 aromatic rings. The summed E-state index contributed by atoms with van der Waals surface area (Å²) in [6, 6.07) is 7.53. The molecule has 0 spiro atoms. The maximum absolute atomic E-state index is 12.1. The Morgan fingerprint density at radius 2 is 1.76 bits per heavy atom. The van der Waals surface area contributed by atoms with Crippen molar-refractivity contribution in [2.75, 3.05) is 44.7 Å². The highest BCUT2D eigenvalue weighted by Gasteiger charge is 2.21. The predicted molar refractivity (Wildman–Crippen MR) is 84.7 cm³/mol. The molecule has 1 aliphatic rings. The predicted octanol–water partition coefficient (Wildman–Crippen LogP) is 1.38. The van der Waals surface area contributed by atoms with Gasteiger partial charge in [-0.2, -0.15) is 0 Å². The van der Waals surface area contributed by atoms with Gasteiger partial charge in [0.1, 0.15) is 5.75 Å². The number of nitrogens with zero attached hydrogens (tertiary/aromatic N) is 3. The highest BCUT2D eigenvalue weighted by Crippen LogP contribution is 2.19. The van der Waals surface area contributed by atoms with Crippen LogP contribution in [0.15, 0.2) is 24.3 Å². The van der Waals surface area contributed by atoms with E-state index < -0.39 is 0 Å². The van der Waals surface area contributed by atoms with Crippen LogP contribution in [-0.2, 0) is 4.79 Å². The lowest BCUT2D eigenvalue weighted by atomic mass is 10.2. The zero-order valence-electron chi connectivity index (χ0n) is 13.1. The number of benzene rings is 1. The summed E-state index contributed by atoms with van der Waals surface area (Å²) >= 11 is 0. The van der Waals surface area contributed by atoms with Gasteiger partial charge in [0.05, 0.1) is 6.54 Å². The first-order valence-corrected chi connectivity index (χ1v) is 7.49. The number of anilines is 1. The molecule has 0 radical (unpaired) electrons. The Kier molecular flexibility index (Phi) is 5.07. The van der Waals surface area contributed by atoms with Gasteiger partial charge in [-0.3, -0.25) is 9.69 Å². The number of carbonyl (C=O) groups is 1. The van der Waals surface area contributed by atoms with Crippen LogP contribution >= 0.6 is 0 Å². The summed E-state index contributed by atoms with van der Waals surface area (Å²) in [5, 5.41) is 9.32. The van der Waals surface area contributed by atoms with E-state index in [4.69, 9.17) is 0 Å². The fourth-order valence-corrected chi connectivity index (χ4v) is 2.42. The van der Waals surface area contributed by atoms with E-state index in [1.54, 1.807) is 17.0 Å². The lowest BCUT2D eigenvalue weighted by Crippen LogP contribution is -2.50. The van der Waals surface area contributed by atoms with E-state index in [0.29, 0.717) is 12.3 Å². The van der Waals surface area contributed by atoms with E-state index in [0.717, 1.165) is 31.9 Å². The summed E-state index contributed by atoms with van der Waals surface area (Å²) in [6.07, 6.45) is 0. The van der Waals surface area contributed by atoms with Crippen molar-refractivity contribution in [3.8, 4) is 5.75 Å². The normalized spacial score (nSPS) is 16.3. The lowest BCUT2D eigenvalue weighted by Gasteiger charge is -2.36. The minimum Gasteiger partial charge on any atom is -0.508 e. The Hall–Kier alpha value is -1.75. The standard InChI is InChI=1S/C16H25N3O2/c1-13(2)17(3)16(21)12-18-8-10-19(11-9-18)14-4-6-15(20)7-5-14/h4-7,13,20H,8-12H2,1-3H3. The van der Waals surface area contributed by atoms with E-state index in [9.17, 15) is 9.90 Å². The Labute approximate surface area is 126 Å². The first-order chi connectivity index (χ1) is 9.97. The van der Waals surface area contributed by atoms with E-state index in [2.05, 4.69) is 9.80 Å². The molecule has 5 heteroatoms. The molecule has 0 aromatic heterocycles. The number of hydrogen-bond acceptors (Lipinski definition) is 4. The summed E-state index contributed by atoms with van der Waals surface area (Å²) in [5.74, 6) is 0.475. The number of likely N-dealkylation sites (N-methyl/N-ethyl adjacent to an activating group) is 1. The van der Waals surface area contributed by atoms with Crippen molar-refractivity contribution >= 4 is 11.6 Å². The lowest BCUT2D eigenvalue weighted by molar-refractivity contribution is -0.132. The van der Waals surface area contributed by atoms with Crippen molar-refractivity contribution in [2.45, 2.75) is 19.9 Å². The first kappa shape index (κ1) is 15.6. The van der Waals surface area contributed by atoms with Gasteiger partial charge in [-0.25, -0.2) is 0 Å². The monoisotopic (exact) mass is 291 g/mol. The molecular weight excluding hydrogens is 266 g/mol. The second-order valence-corrected chi connectivity index (χ2v) is 5.88. The second kappa shape index (κ2) is 6.80. The van der Waals surface area contributed by atoms with Crippen LogP contribution < -0.4 is 4.90 Å². The molecule has 21 heavy (non-hydrogen) atoms. The molecule has 5 nitrogen and oxygen atoms in total. The average Bonchev–Trinajstić information content (AvgIpc) is 2.48. The van der Waals surface area contributed by atoms with Crippen molar-refractivity contribution in [3.63, 3.8) is 0 Å². The molecule has 1 N–H and O–H groups in total. The molecule has 1 fully saturated rings. The van der Waals surface area contributed by atoms with E-state index in [1.807, 2.05) is 33.0 Å². The number of carbonyl (C=O) groups excluding carboxylic acids is 1. The Morgan fingerprint density at radius 3 is 2.29 bits per heavy atom. The molecule has 116 valence electrons. The summed E-state index contributed by atoms with van der Waals surface area (Å²) < 4.78 is 0. The SMILES string of the molecule is CC(C)N(C)C(=O)CN1CCN(c2ccc(O)cc2)CC1. The van der Waals surface area contributed by atoms with E-state index in [-0.39, 0.29) is 11.9 Å². The number of aromatic hydroxyl groups is 1. The molecule has 1 saturated heterocycles. The van der Waals surface area contributed by atoms with Crippen LogP contribution in [0.2, 0.25) is 0 Å². The third kappa shape index (κ3) is 4.11. The Balaban J connectivity index is 1.83.